The third-order valence-electron chi connectivity index (χ3n) is 1.21. The standard InChI is InChI=1S/C6H8N2O2.C2H6/c1-7-8-4-2-3-5(8)6(9)10;1-2/h2-4,7H,1H3,(H,9,10);1-2H3. The van der Waals surface area contributed by atoms with Crippen LogP contribution < -0.4 is 5.43 Å². The van der Waals surface area contributed by atoms with E-state index in [0.717, 1.165) is 0 Å². The van der Waals surface area contributed by atoms with Gasteiger partial charge in [-0.2, -0.15) is 0 Å². The number of nitrogens with one attached hydrogen (secondary N) is 1. The molecule has 12 heavy (non-hydrogen) atoms. The van der Waals surface area contributed by atoms with Crippen LogP contribution in [0.4, 0.5) is 0 Å². The van der Waals surface area contributed by atoms with Crippen molar-refractivity contribution in [3.8, 4) is 0 Å². The van der Waals surface area contributed by atoms with Gasteiger partial charge >= 0.3 is 5.97 Å². The molecule has 0 aliphatic rings. The van der Waals surface area contributed by atoms with Crippen molar-refractivity contribution in [1.29, 1.82) is 0 Å². The highest BCUT2D eigenvalue weighted by molar-refractivity contribution is 5.85. The fourth-order valence-corrected chi connectivity index (χ4v) is 0.750. The summed E-state index contributed by atoms with van der Waals surface area (Å²) in [5.74, 6) is -0.931. The molecule has 0 aliphatic heterocycles. The molecule has 0 unspecified atom stereocenters. The predicted molar refractivity (Wildman–Crippen MR) is 48.0 cm³/mol. The topological polar surface area (TPSA) is 54.3 Å². The Hall–Kier alpha value is -1.45. The first-order chi connectivity index (χ1) is 5.75. The lowest BCUT2D eigenvalue weighted by atomic mass is 10.4. The summed E-state index contributed by atoms with van der Waals surface area (Å²) in [7, 11) is 1.66. The molecule has 1 rings (SSSR count). The summed E-state index contributed by atoms with van der Waals surface area (Å²) in [6, 6.07) is 3.19. The second kappa shape index (κ2) is 5.23. The van der Waals surface area contributed by atoms with E-state index in [-0.39, 0.29) is 5.69 Å². The maximum Gasteiger partial charge on any atom is 0.354 e. The number of hydrogen-bond donors (Lipinski definition) is 2. The number of carboxylic acid groups (broad SMARTS) is 1. The summed E-state index contributed by atoms with van der Waals surface area (Å²) < 4.78 is 1.43. The number of aromatic carboxylic acids is 1. The molecule has 0 atom stereocenters. The molecule has 1 aromatic heterocycles. The normalized spacial score (nSPS) is 8.25. The number of carboxylic acids is 1. The lowest BCUT2D eigenvalue weighted by Gasteiger charge is -2.02. The molecule has 0 radical (unpaired) electrons. The van der Waals surface area contributed by atoms with Crippen molar-refractivity contribution in [1.82, 2.24) is 4.68 Å². The van der Waals surface area contributed by atoms with Gasteiger partial charge in [-0.1, -0.05) is 13.8 Å². The molecule has 0 fully saturated rings. The van der Waals surface area contributed by atoms with Crippen molar-refractivity contribution in [2.24, 2.45) is 0 Å². The van der Waals surface area contributed by atoms with Crippen LogP contribution >= 0.6 is 0 Å². The number of hydrogen-bond acceptors (Lipinski definition) is 2. The average Bonchev–Trinajstić information content (AvgIpc) is 2.55. The fraction of sp³-hybridized carbons (Fsp3) is 0.375. The van der Waals surface area contributed by atoms with Gasteiger partial charge in [0, 0.05) is 13.2 Å². The summed E-state index contributed by atoms with van der Waals surface area (Å²) in [6.07, 6.45) is 1.64. The quantitative estimate of drug-likeness (QED) is 0.705. The molecule has 4 heteroatoms. The Morgan fingerprint density at radius 2 is 2.17 bits per heavy atom. The maximum atomic E-state index is 10.4. The second-order valence-electron chi connectivity index (χ2n) is 1.79. The highest BCUT2D eigenvalue weighted by Crippen LogP contribution is 1.97. The minimum atomic E-state index is -0.931. The molecule has 1 heterocycles. The zero-order valence-corrected chi connectivity index (χ0v) is 7.53. The van der Waals surface area contributed by atoms with Crippen LogP contribution in [-0.4, -0.2) is 22.8 Å². The van der Waals surface area contributed by atoms with Crippen molar-refractivity contribution >= 4 is 5.97 Å². The van der Waals surface area contributed by atoms with E-state index < -0.39 is 5.97 Å². The van der Waals surface area contributed by atoms with Crippen molar-refractivity contribution < 1.29 is 9.90 Å². The molecule has 1 aromatic rings. The summed E-state index contributed by atoms with van der Waals surface area (Å²) in [6.45, 7) is 4.00. The first-order valence-corrected chi connectivity index (χ1v) is 3.84. The van der Waals surface area contributed by atoms with Crippen LogP contribution in [0.2, 0.25) is 0 Å². The molecule has 0 spiro atoms. The first kappa shape index (κ1) is 10.6. The fourth-order valence-electron chi connectivity index (χ4n) is 0.750. The Kier molecular flexibility index (Phi) is 4.60. The highest BCUT2D eigenvalue weighted by atomic mass is 16.4. The first-order valence-electron chi connectivity index (χ1n) is 3.84. The Morgan fingerprint density at radius 3 is 2.50 bits per heavy atom. The second-order valence-corrected chi connectivity index (χ2v) is 1.79. The van der Waals surface area contributed by atoms with Gasteiger partial charge in [0.25, 0.3) is 0 Å². The Labute approximate surface area is 71.8 Å². The molecular weight excluding hydrogens is 156 g/mol. The van der Waals surface area contributed by atoms with Crippen LogP contribution in [0, 0.1) is 0 Å². The maximum absolute atomic E-state index is 10.4. The van der Waals surface area contributed by atoms with Crippen molar-refractivity contribution in [3.05, 3.63) is 24.0 Å². The Bertz CT molecular complexity index is 243. The zero-order valence-electron chi connectivity index (χ0n) is 7.53. The molecule has 0 saturated carbocycles. The van der Waals surface area contributed by atoms with Gasteiger partial charge in [-0.05, 0) is 12.1 Å². The molecule has 0 bridgehead atoms. The third kappa shape index (κ3) is 2.30. The van der Waals surface area contributed by atoms with Crippen LogP contribution in [0.1, 0.15) is 24.3 Å². The Morgan fingerprint density at radius 1 is 1.58 bits per heavy atom. The van der Waals surface area contributed by atoms with Crippen molar-refractivity contribution in [3.63, 3.8) is 0 Å². The Balaban J connectivity index is 0.000000561. The van der Waals surface area contributed by atoms with Crippen molar-refractivity contribution in [2.45, 2.75) is 13.8 Å². The minimum absolute atomic E-state index is 0.238. The van der Waals surface area contributed by atoms with Crippen LogP contribution in [0.5, 0.6) is 0 Å². The molecule has 0 aliphatic carbocycles. The van der Waals surface area contributed by atoms with E-state index in [1.54, 1.807) is 19.3 Å². The van der Waals surface area contributed by atoms with E-state index in [0.29, 0.717) is 0 Å². The monoisotopic (exact) mass is 170 g/mol. The highest BCUT2D eigenvalue weighted by Gasteiger charge is 2.05. The van der Waals surface area contributed by atoms with Crippen LogP contribution in [0.15, 0.2) is 18.3 Å². The van der Waals surface area contributed by atoms with E-state index in [4.69, 9.17) is 5.11 Å². The molecule has 0 saturated heterocycles. The van der Waals surface area contributed by atoms with Gasteiger partial charge in [-0.25, -0.2) is 4.79 Å². The van der Waals surface area contributed by atoms with Gasteiger partial charge < -0.3 is 10.5 Å². The number of carbonyl (C=O) groups is 1. The number of rotatable bonds is 2. The summed E-state index contributed by atoms with van der Waals surface area (Å²) in [5.41, 5.74) is 2.93. The molecule has 68 valence electrons. The number of aromatic nitrogens is 1. The smallest absolute Gasteiger partial charge is 0.354 e. The lowest BCUT2D eigenvalue weighted by Crippen LogP contribution is -2.14. The summed E-state index contributed by atoms with van der Waals surface area (Å²) in [4.78, 5) is 10.4. The van der Waals surface area contributed by atoms with Crippen LogP contribution in [0.25, 0.3) is 0 Å². The van der Waals surface area contributed by atoms with Gasteiger partial charge in [0.15, 0.2) is 0 Å². The average molecular weight is 170 g/mol. The van der Waals surface area contributed by atoms with E-state index >= 15 is 0 Å². The van der Waals surface area contributed by atoms with E-state index in [1.165, 1.54) is 10.7 Å². The molecule has 0 aromatic carbocycles. The summed E-state index contributed by atoms with van der Waals surface area (Å²) >= 11 is 0. The molecule has 2 N–H and O–H groups in total. The van der Waals surface area contributed by atoms with Crippen LogP contribution in [-0.2, 0) is 0 Å². The van der Waals surface area contributed by atoms with Gasteiger partial charge in [0.1, 0.15) is 5.69 Å². The van der Waals surface area contributed by atoms with Gasteiger partial charge in [-0.3, -0.25) is 4.68 Å². The number of nitrogens with zero attached hydrogens (tertiary/aromatic N) is 1. The molecular formula is C8H14N2O2. The van der Waals surface area contributed by atoms with Crippen LogP contribution in [0.3, 0.4) is 0 Å². The minimum Gasteiger partial charge on any atom is -0.477 e. The van der Waals surface area contributed by atoms with Gasteiger partial charge in [0.2, 0.25) is 0 Å². The molecule has 4 nitrogen and oxygen atoms in total. The predicted octanol–water partition coefficient (Wildman–Crippen LogP) is 1.39. The van der Waals surface area contributed by atoms with E-state index in [2.05, 4.69) is 5.43 Å². The zero-order chi connectivity index (χ0) is 9.56. The van der Waals surface area contributed by atoms with Gasteiger partial charge in [-0.15, -0.1) is 0 Å². The third-order valence-corrected chi connectivity index (χ3v) is 1.21. The van der Waals surface area contributed by atoms with E-state index in [1.807, 2.05) is 13.8 Å². The molecule has 0 amide bonds. The largest absolute Gasteiger partial charge is 0.477 e. The summed E-state index contributed by atoms with van der Waals surface area (Å²) in [5, 5.41) is 8.52. The van der Waals surface area contributed by atoms with Gasteiger partial charge in [0.05, 0.1) is 0 Å². The van der Waals surface area contributed by atoms with E-state index in [9.17, 15) is 4.79 Å². The lowest BCUT2D eigenvalue weighted by molar-refractivity contribution is 0.0687. The van der Waals surface area contributed by atoms with Crippen molar-refractivity contribution in [2.75, 3.05) is 12.5 Å². The SMILES string of the molecule is CC.CNn1cccc1C(=O)O.